The van der Waals surface area contributed by atoms with Gasteiger partial charge in [-0.25, -0.2) is 9.78 Å². The smallest absolute Gasteiger partial charge is 0.407 e. The average molecular weight is 717 g/mol. The quantitative estimate of drug-likeness (QED) is 0.147. The van der Waals surface area contributed by atoms with Crippen LogP contribution in [0.1, 0.15) is 45.2 Å². The predicted molar refractivity (Wildman–Crippen MR) is 191 cm³/mol. The van der Waals surface area contributed by atoms with Gasteiger partial charge in [-0.05, 0) is 42.0 Å². The minimum atomic E-state index is -0.938. The minimum Gasteiger partial charge on any atom is -0.453 e. The van der Waals surface area contributed by atoms with Crippen molar-refractivity contribution in [3.8, 4) is 10.4 Å². The number of alkyl carbamates (subject to hydrolysis) is 1. The Morgan fingerprint density at radius 1 is 0.961 bits per heavy atom. The van der Waals surface area contributed by atoms with E-state index in [1.54, 1.807) is 53.1 Å². The number of anilines is 2. The Morgan fingerprint density at radius 3 is 2.33 bits per heavy atom. The molecular weight excluding hydrogens is 677 g/mol. The van der Waals surface area contributed by atoms with Crippen molar-refractivity contribution < 1.29 is 33.5 Å². The van der Waals surface area contributed by atoms with Gasteiger partial charge in [-0.3, -0.25) is 28.4 Å². The van der Waals surface area contributed by atoms with Crippen LogP contribution in [0.3, 0.4) is 0 Å². The summed E-state index contributed by atoms with van der Waals surface area (Å²) in [5.74, 6) is -1.89. The molecule has 1 aliphatic rings. The van der Waals surface area contributed by atoms with Gasteiger partial charge in [-0.1, -0.05) is 67.6 Å². The molecule has 15 nitrogen and oxygen atoms in total. The average Bonchev–Trinajstić information content (AvgIpc) is 3.85. The number of methoxy groups -OCH3 is 1. The number of nitrogens with zero attached hydrogens (tertiary/aromatic N) is 3. The molecule has 1 saturated heterocycles. The highest BCUT2D eigenvalue weighted by Crippen LogP contribution is 2.30. The number of carbonyl (C=O) groups excluding carboxylic acids is 6. The third-order valence-corrected chi connectivity index (χ3v) is 9.30. The van der Waals surface area contributed by atoms with Crippen molar-refractivity contribution in [2.45, 2.75) is 51.7 Å². The molecule has 3 unspecified atom stereocenters. The number of hydrogen-bond donors (Lipinski definition) is 5. The standard InChI is InChI=1S/C35H40N8O7S/c1-20(2)29(41-35(49)50-4)33(48)43-16-8-11-25(43)31(46)38-24-14-12-22(13-15-24)26-18-42-19-27(40-34(42)51-26)39-28(45)17-36-32(47)30(37-21(3)44)23-9-6-5-7-10-23/h5-7,9-10,12-15,18-20,25,29-30H,8,11,16-17H2,1-4H3,(H,36,47)(H,37,44)(H,38,46)(H,39,45)(H,41,49). The number of amides is 6. The molecule has 268 valence electrons. The molecule has 1 aliphatic heterocycles. The van der Waals surface area contributed by atoms with E-state index in [-0.39, 0.29) is 30.2 Å². The lowest BCUT2D eigenvalue weighted by Gasteiger charge is -2.30. The fraction of sp³-hybridized carbons (Fsp3) is 0.343. The Hall–Kier alpha value is -5.77. The zero-order valence-electron chi connectivity index (χ0n) is 28.6. The number of hydrogen-bond acceptors (Lipinski definition) is 9. The highest BCUT2D eigenvalue weighted by Gasteiger charge is 2.38. The maximum Gasteiger partial charge on any atom is 0.407 e. The first kappa shape index (κ1) is 36.5. The first-order valence-electron chi connectivity index (χ1n) is 16.4. The Balaban J connectivity index is 1.15. The summed E-state index contributed by atoms with van der Waals surface area (Å²) in [5.41, 5.74) is 2.04. The molecule has 4 aromatic rings. The van der Waals surface area contributed by atoms with Crippen molar-refractivity contribution >= 4 is 63.4 Å². The van der Waals surface area contributed by atoms with E-state index in [0.29, 0.717) is 41.4 Å². The van der Waals surface area contributed by atoms with Crippen molar-refractivity contribution in [1.82, 2.24) is 30.2 Å². The van der Waals surface area contributed by atoms with Crippen molar-refractivity contribution in [3.05, 3.63) is 72.6 Å². The highest BCUT2D eigenvalue weighted by molar-refractivity contribution is 7.20. The predicted octanol–water partition coefficient (Wildman–Crippen LogP) is 3.31. The molecule has 2 aromatic carbocycles. The van der Waals surface area contributed by atoms with Gasteiger partial charge in [0.05, 0.1) is 24.7 Å². The SMILES string of the molecule is COC(=O)NC(C(=O)N1CCCC1C(=O)Nc1ccc(-c2cn3cc(NC(=O)CNC(=O)C(NC(C)=O)c4ccccc4)nc3s2)cc1)C(C)C. The number of imidazole rings is 1. The minimum absolute atomic E-state index is 0.199. The number of thiazole rings is 1. The molecule has 0 radical (unpaired) electrons. The van der Waals surface area contributed by atoms with Crippen molar-refractivity contribution in [2.75, 3.05) is 30.8 Å². The number of likely N-dealkylation sites (tertiary alicyclic amines) is 1. The lowest BCUT2D eigenvalue weighted by molar-refractivity contribution is -0.139. The molecule has 16 heteroatoms. The van der Waals surface area contributed by atoms with Crippen LogP contribution in [0.15, 0.2) is 67.0 Å². The van der Waals surface area contributed by atoms with E-state index in [2.05, 4.69) is 36.3 Å². The van der Waals surface area contributed by atoms with Crippen LogP contribution in [-0.2, 0) is 28.7 Å². The first-order valence-corrected chi connectivity index (χ1v) is 17.2. The first-order chi connectivity index (χ1) is 24.4. The van der Waals surface area contributed by atoms with Gasteiger partial charge in [0.15, 0.2) is 10.8 Å². The normalized spacial score (nSPS) is 15.2. The molecular formula is C35H40N8O7S. The van der Waals surface area contributed by atoms with E-state index in [4.69, 9.17) is 0 Å². The van der Waals surface area contributed by atoms with Crippen LogP contribution >= 0.6 is 11.3 Å². The second-order valence-corrected chi connectivity index (χ2v) is 13.3. The summed E-state index contributed by atoms with van der Waals surface area (Å²) in [7, 11) is 1.23. The summed E-state index contributed by atoms with van der Waals surface area (Å²) in [5, 5.41) is 13.3. The maximum atomic E-state index is 13.3. The van der Waals surface area contributed by atoms with Crippen LogP contribution in [0.2, 0.25) is 0 Å². The Labute approximate surface area is 298 Å². The van der Waals surface area contributed by atoms with E-state index in [1.165, 1.54) is 30.3 Å². The summed E-state index contributed by atoms with van der Waals surface area (Å²) in [6.07, 6.45) is 4.00. The van der Waals surface area contributed by atoms with Crippen molar-refractivity contribution in [2.24, 2.45) is 5.92 Å². The molecule has 0 spiro atoms. The van der Waals surface area contributed by atoms with Crippen LogP contribution in [0.25, 0.3) is 15.4 Å². The molecule has 2 aromatic heterocycles. The maximum absolute atomic E-state index is 13.3. The van der Waals surface area contributed by atoms with Gasteiger partial charge in [0.2, 0.25) is 29.5 Å². The van der Waals surface area contributed by atoms with Crippen LogP contribution in [0, 0.1) is 5.92 Å². The molecule has 5 rings (SSSR count). The monoisotopic (exact) mass is 716 g/mol. The van der Waals surface area contributed by atoms with Gasteiger partial charge in [-0.15, -0.1) is 0 Å². The van der Waals surface area contributed by atoms with Crippen molar-refractivity contribution in [3.63, 3.8) is 0 Å². The number of ether oxygens (including phenoxy) is 1. The third kappa shape index (κ3) is 9.08. The number of benzene rings is 2. The highest BCUT2D eigenvalue weighted by atomic mass is 32.1. The zero-order valence-corrected chi connectivity index (χ0v) is 29.4. The van der Waals surface area contributed by atoms with E-state index in [0.717, 1.165) is 10.4 Å². The number of rotatable bonds is 12. The van der Waals surface area contributed by atoms with Crippen molar-refractivity contribution in [1.29, 1.82) is 0 Å². The lowest BCUT2D eigenvalue weighted by atomic mass is 10.0. The number of nitrogens with one attached hydrogen (secondary N) is 5. The number of aromatic nitrogens is 2. The second kappa shape index (κ2) is 16.3. The van der Waals surface area contributed by atoms with Gasteiger partial charge >= 0.3 is 6.09 Å². The molecule has 6 amide bonds. The fourth-order valence-electron chi connectivity index (χ4n) is 5.72. The fourth-order valence-corrected chi connectivity index (χ4v) is 6.69. The molecule has 1 fully saturated rings. The van der Waals surface area contributed by atoms with Gasteiger partial charge < -0.3 is 36.2 Å². The number of fused-ring (bicyclic) bond motifs is 1. The summed E-state index contributed by atoms with van der Waals surface area (Å²) in [6, 6.07) is 13.6. The second-order valence-electron chi connectivity index (χ2n) is 12.3. The summed E-state index contributed by atoms with van der Waals surface area (Å²) in [4.78, 5) is 82.9. The van der Waals surface area contributed by atoms with Gasteiger partial charge in [0.25, 0.3) is 0 Å². The number of carbonyl (C=O) groups is 6. The topological polar surface area (TPSA) is 192 Å². The van der Waals surface area contributed by atoms with E-state index in [1.807, 2.05) is 32.2 Å². The van der Waals surface area contributed by atoms with Crippen LogP contribution in [-0.4, -0.2) is 82.2 Å². The van der Waals surface area contributed by atoms with E-state index < -0.39 is 36.0 Å². The Kier molecular flexibility index (Phi) is 11.7. The molecule has 0 aliphatic carbocycles. The van der Waals surface area contributed by atoms with Crippen LogP contribution in [0.5, 0.6) is 0 Å². The summed E-state index contributed by atoms with van der Waals surface area (Å²) in [6.45, 7) is 5.05. The van der Waals surface area contributed by atoms with E-state index in [9.17, 15) is 28.8 Å². The van der Waals surface area contributed by atoms with Gasteiger partial charge in [-0.2, -0.15) is 0 Å². The van der Waals surface area contributed by atoms with E-state index >= 15 is 0 Å². The molecule has 0 saturated carbocycles. The van der Waals surface area contributed by atoms with Crippen LogP contribution in [0.4, 0.5) is 16.3 Å². The molecule has 51 heavy (non-hydrogen) atoms. The largest absolute Gasteiger partial charge is 0.453 e. The van der Waals surface area contributed by atoms with Gasteiger partial charge in [0.1, 0.15) is 18.1 Å². The molecule has 5 N–H and O–H groups in total. The Bertz CT molecular complexity index is 1880. The Morgan fingerprint density at radius 2 is 1.69 bits per heavy atom. The van der Waals surface area contributed by atoms with Crippen LogP contribution < -0.4 is 26.6 Å². The summed E-state index contributed by atoms with van der Waals surface area (Å²) >= 11 is 1.40. The molecule has 0 bridgehead atoms. The third-order valence-electron chi connectivity index (χ3n) is 8.26. The molecule has 3 heterocycles. The molecule has 3 atom stereocenters. The zero-order chi connectivity index (χ0) is 36.7. The lowest BCUT2D eigenvalue weighted by Crippen LogP contribution is -2.54. The summed E-state index contributed by atoms with van der Waals surface area (Å²) < 4.78 is 6.45. The van der Waals surface area contributed by atoms with Gasteiger partial charge in [0, 0.05) is 25.4 Å².